The average molecular weight is 404 g/mol. The summed E-state index contributed by atoms with van der Waals surface area (Å²) in [5.74, 6) is 1.76. The van der Waals surface area contributed by atoms with Crippen LogP contribution in [0.5, 0.6) is 11.5 Å². The molecule has 2 aromatic carbocycles. The Labute approximate surface area is 174 Å². The van der Waals surface area contributed by atoms with Crippen LogP contribution in [-0.4, -0.2) is 17.4 Å². The van der Waals surface area contributed by atoms with E-state index in [-0.39, 0.29) is 5.78 Å². The molecule has 5 heteroatoms. The topological polar surface area (TPSA) is 38.8 Å². The number of carbonyl (C=O) groups is 1. The molecule has 0 bridgehead atoms. The molecular formula is C24H21NO3S. The summed E-state index contributed by atoms with van der Waals surface area (Å²) in [6, 6.07) is 14.3. The lowest BCUT2D eigenvalue weighted by molar-refractivity contribution is 0.0873. The van der Waals surface area contributed by atoms with Gasteiger partial charge in [0.1, 0.15) is 18.2 Å². The number of hydrogen-bond donors (Lipinski definition) is 0. The molecule has 0 atom stereocenters. The third-order valence-corrected chi connectivity index (χ3v) is 6.34. The van der Waals surface area contributed by atoms with E-state index >= 15 is 0 Å². The van der Waals surface area contributed by atoms with Gasteiger partial charge in [-0.3, -0.25) is 9.69 Å². The van der Waals surface area contributed by atoms with Crippen LogP contribution in [0.2, 0.25) is 0 Å². The summed E-state index contributed by atoms with van der Waals surface area (Å²) < 4.78 is 12.0. The highest BCUT2D eigenvalue weighted by Gasteiger charge is 2.33. The van der Waals surface area contributed by atoms with Crippen LogP contribution in [0.1, 0.15) is 37.5 Å². The predicted octanol–water partition coefficient (Wildman–Crippen LogP) is 5.33. The molecule has 29 heavy (non-hydrogen) atoms. The molecule has 0 radical (unpaired) electrons. The molecule has 146 valence electrons. The number of nitrogens with zero attached hydrogens (tertiary/aromatic N) is 1. The minimum atomic E-state index is -0.0636. The van der Waals surface area contributed by atoms with E-state index in [1.807, 2.05) is 36.6 Å². The summed E-state index contributed by atoms with van der Waals surface area (Å²) in [5.41, 5.74) is 5.19. The number of benzene rings is 2. The molecule has 0 spiro atoms. The molecule has 0 amide bonds. The van der Waals surface area contributed by atoms with Gasteiger partial charge in [0.05, 0.1) is 11.1 Å². The number of allylic oxidation sites excluding steroid dienone is 1. The first-order valence-corrected chi connectivity index (χ1v) is 10.5. The Morgan fingerprint density at radius 3 is 2.69 bits per heavy atom. The molecule has 0 N–H and O–H groups in total. The second kappa shape index (κ2) is 7.17. The van der Waals surface area contributed by atoms with Crippen LogP contribution in [0.4, 0.5) is 0 Å². The van der Waals surface area contributed by atoms with E-state index in [0.717, 1.165) is 28.3 Å². The molecule has 0 fully saturated rings. The van der Waals surface area contributed by atoms with Crippen molar-refractivity contribution >= 4 is 23.2 Å². The quantitative estimate of drug-likeness (QED) is 0.554. The monoisotopic (exact) mass is 403 g/mol. The van der Waals surface area contributed by atoms with Gasteiger partial charge < -0.3 is 9.47 Å². The number of thiophene rings is 1. The maximum absolute atomic E-state index is 12.9. The predicted molar refractivity (Wildman–Crippen MR) is 114 cm³/mol. The van der Waals surface area contributed by atoms with Crippen molar-refractivity contribution < 1.29 is 14.3 Å². The van der Waals surface area contributed by atoms with Crippen LogP contribution in [-0.2, 0) is 13.1 Å². The van der Waals surface area contributed by atoms with E-state index in [1.54, 1.807) is 11.3 Å². The highest BCUT2D eigenvalue weighted by atomic mass is 32.1. The van der Waals surface area contributed by atoms with Crippen molar-refractivity contribution in [1.29, 1.82) is 0 Å². The average Bonchev–Trinajstić information content (AvgIpc) is 3.27. The first-order valence-electron chi connectivity index (χ1n) is 9.63. The van der Waals surface area contributed by atoms with Gasteiger partial charge in [-0.05, 0) is 48.6 Å². The van der Waals surface area contributed by atoms with Gasteiger partial charge in [-0.1, -0.05) is 29.8 Å². The van der Waals surface area contributed by atoms with E-state index in [9.17, 15) is 4.79 Å². The lowest BCUT2D eigenvalue weighted by Gasteiger charge is -2.29. The van der Waals surface area contributed by atoms with Crippen LogP contribution in [0.25, 0.3) is 6.08 Å². The molecule has 0 saturated carbocycles. The second-order valence-electron chi connectivity index (χ2n) is 7.57. The number of hydrogen-bond acceptors (Lipinski definition) is 5. The second-order valence-corrected chi connectivity index (χ2v) is 8.52. The maximum atomic E-state index is 12.9. The summed E-state index contributed by atoms with van der Waals surface area (Å²) >= 11 is 1.61. The van der Waals surface area contributed by atoms with Crippen LogP contribution >= 0.6 is 11.3 Å². The number of fused-ring (bicyclic) bond motifs is 3. The van der Waals surface area contributed by atoms with Crippen molar-refractivity contribution in [3.8, 4) is 11.5 Å². The number of Topliss-reactive ketones (excluding diaryl/α,β-unsaturated/α-hetero) is 1. The number of aryl methyl sites for hydroxylation is 2. The zero-order chi connectivity index (χ0) is 20.0. The van der Waals surface area contributed by atoms with Crippen molar-refractivity contribution in [2.24, 2.45) is 0 Å². The Bertz CT molecular complexity index is 1130. The SMILES string of the molecule is Cc1ccc(CN2COc3ccc4c(c3C2)O/C(=C\c2sccc2C)C4=O)cc1. The van der Waals surface area contributed by atoms with E-state index < -0.39 is 0 Å². The van der Waals surface area contributed by atoms with Crippen molar-refractivity contribution in [2.45, 2.75) is 26.9 Å². The molecule has 0 saturated heterocycles. The van der Waals surface area contributed by atoms with Crippen LogP contribution in [0.3, 0.4) is 0 Å². The van der Waals surface area contributed by atoms with Gasteiger partial charge in [0.2, 0.25) is 5.78 Å². The van der Waals surface area contributed by atoms with E-state index in [0.29, 0.717) is 30.3 Å². The van der Waals surface area contributed by atoms with Gasteiger partial charge in [0.15, 0.2) is 5.76 Å². The Balaban J connectivity index is 1.43. The molecular weight excluding hydrogens is 382 g/mol. The lowest BCUT2D eigenvalue weighted by atomic mass is 10.0. The zero-order valence-corrected chi connectivity index (χ0v) is 17.2. The fourth-order valence-electron chi connectivity index (χ4n) is 3.71. The van der Waals surface area contributed by atoms with Crippen LogP contribution in [0, 0.1) is 13.8 Å². The molecule has 2 aliphatic rings. The first kappa shape index (κ1) is 18.2. The third kappa shape index (κ3) is 3.37. The fraction of sp³-hybridized carbons (Fsp3) is 0.208. The Morgan fingerprint density at radius 2 is 1.93 bits per heavy atom. The summed E-state index contributed by atoms with van der Waals surface area (Å²) in [6.07, 6.45) is 1.85. The third-order valence-electron chi connectivity index (χ3n) is 5.37. The van der Waals surface area contributed by atoms with Crippen LogP contribution < -0.4 is 9.47 Å². The van der Waals surface area contributed by atoms with Crippen molar-refractivity contribution in [2.75, 3.05) is 6.73 Å². The molecule has 0 unspecified atom stereocenters. The van der Waals surface area contributed by atoms with Gasteiger partial charge in [-0.25, -0.2) is 0 Å². The smallest absolute Gasteiger partial charge is 0.232 e. The lowest BCUT2D eigenvalue weighted by Crippen LogP contribution is -2.31. The minimum absolute atomic E-state index is 0.0636. The zero-order valence-electron chi connectivity index (χ0n) is 16.4. The largest absolute Gasteiger partial charge is 0.478 e. The Hall–Kier alpha value is -2.89. The summed E-state index contributed by atoms with van der Waals surface area (Å²) in [5, 5.41) is 2.02. The number of rotatable bonds is 3. The van der Waals surface area contributed by atoms with Crippen molar-refractivity contribution in [3.05, 3.63) is 86.3 Å². The van der Waals surface area contributed by atoms with Crippen molar-refractivity contribution in [1.82, 2.24) is 4.90 Å². The normalized spacial score (nSPS) is 17.0. The molecule has 2 aliphatic heterocycles. The molecule has 1 aromatic heterocycles. The highest BCUT2D eigenvalue weighted by molar-refractivity contribution is 7.11. The van der Waals surface area contributed by atoms with E-state index in [4.69, 9.17) is 9.47 Å². The van der Waals surface area contributed by atoms with E-state index in [1.165, 1.54) is 11.1 Å². The van der Waals surface area contributed by atoms with Crippen LogP contribution in [0.15, 0.2) is 53.6 Å². The summed E-state index contributed by atoms with van der Waals surface area (Å²) in [7, 11) is 0. The molecule has 4 nitrogen and oxygen atoms in total. The Kier molecular flexibility index (Phi) is 4.49. The number of carbonyl (C=O) groups excluding carboxylic acids is 1. The number of ketones is 1. The first-order chi connectivity index (χ1) is 14.1. The molecule has 5 rings (SSSR count). The van der Waals surface area contributed by atoms with E-state index in [2.05, 4.69) is 36.1 Å². The minimum Gasteiger partial charge on any atom is -0.478 e. The Morgan fingerprint density at radius 1 is 1.10 bits per heavy atom. The maximum Gasteiger partial charge on any atom is 0.232 e. The van der Waals surface area contributed by atoms with Gasteiger partial charge in [-0.15, -0.1) is 11.3 Å². The highest BCUT2D eigenvalue weighted by Crippen LogP contribution is 2.42. The fourth-order valence-corrected chi connectivity index (χ4v) is 4.56. The van der Waals surface area contributed by atoms with Gasteiger partial charge >= 0.3 is 0 Å². The van der Waals surface area contributed by atoms with Gasteiger partial charge in [0.25, 0.3) is 0 Å². The van der Waals surface area contributed by atoms with Gasteiger partial charge in [0, 0.05) is 24.0 Å². The van der Waals surface area contributed by atoms with Crippen molar-refractivity contribution in [3.63, 3.8) is 0 Å². The molecule has 3 heterocycles. The standard InChI is InChI=1S/C24H21NO3S/c1-15-3-5-17(6-4-15)12-25-13-19-20(27-14-25)8-7-18-23(26)21(28-24(18)19)11-22-16(2)9-10-29-22/h3-11H,12-14H2,1-2H3/b21-11-. The molecule has 3 aromatic rings. The summed E-state index contributed by atoms with van der Waals surface area (Å²) in [6.45, 7) is 6.11. The summed E-state index contributed by atoms with van der Waals surface area (Å²) in [4.78, 5) is 16.1. The molecule has 0 aliphatic carbocycles. The van der Waals surface area contributed by atoms with Gasteiger partial charge in [-0.2, -0.15) is 0 Å². The number of ether oxygens (including phenoxy) is 2.